The Bertz CT molecular complexity index is 849. The van der Waals surface area contributed by atoms with E-state index >= 15 is 0 Å². The van der Waals surface area contributed by atoms with E-state index < -0.39 is 0 Å². The molecule has 2 aliphatic heterocycles. The van der Waals surface area contributed by atoms with Crippen LogP contribution in [-0.4, -0.2) is 53.2 Å². The average Bonchev–Trinajstić information content (AvgIpc) is 3.19. The van der Waals surface area contributed by atoms with Crippen LogP contribution in [0.25, 0.3) is 10.8 Å². The summed E-state index contributed by atoms with van der Waals surface area (Å²) >= 11 is 0. The molecule has 0 aliphatic carbocycles. The molecule has 0 radical (unpaired) electrons. The fraction of sp³-hybridized carbons (Fsp3) is 0.500. The minimum atomic E-state index is -0.193. The van der Waals surface area contributed by atoms with Crippen LogP contribution in [0.1, 0.15) is 23.3 Å². The molecule has 2 saturated heterocycles. The van der Waals surface area contributed by atoms with Gasteiger partial charge in [0.25, 0.3) is 11.5 Å². The Kier molecular flexibility index (Phi) is 4.27. The first-order chi connectivity index (χ1) is 12.1. The van der Waals surface area contributed by atoms with Crippen molar-refractivity contribution in [3.63, 3.8) is 0 Å². The number of hydrogen-bond donors (Lipinski definition) is 0. The van der Waals surface area contributed by atoms with E-state index in [0.717, 1.165) is 12.8 Å². The van der Waals surface area contributed by atoms with Gasteiger partial charge in [0.1, 0.15) is 0 Å². The molecule has 0 spiro atoms. The zero-order chi connectivity index (χ0) is 17.4. The van der Waals surface area contributed by atoms with Crippen LogP contribution in [0.2, 0.25) is 0 Å². The molecule has 0 unspecified atom stereocenters. The van der Waals surface area contributed by atoms with Crippen molar-refractivity contribution in [2.75, 3.05) is 26.3 Å². The highest BCUT2D eigenvalue weighted by Crippen LogP contribution is 2.27. The van der Waals surface area contributed by atoms with E-state index in [-0.39, 0.29) is 17.8 Å². The molecule has 132 valence electrons. The third-order valence-electron chi connectivity index (χ3n) is 5.02. The van der Waals surface area contributed by atoms with Gasteiger partial charge < -0.3 is 14.4 Å². The van der Waals surface area contributed by atoms with E-state index in [1.54, 1.807) is 25.2 Å². The molecule has 2 aromatic rings. The van der Waals surface area contributed by atoms with E-state index in [9.17, 15) is 9.59 Å². The second-order valence-corrected chi connectivity index (χ2v) is 6.56. The molecular weight excluding hydrogens is 322 g/mol. The van der Waals surface area contributed by atoms with E-state index in [4.69, 9.17) is 9.47 Å². The molecular formula is C18H21N3O4. The van der Waals surface area contributed by atoms with E-state index in [1.807, 2.05) is 11.0 Å². The standard InChI is InChI=1S/C18H21N3O4/c1-20-16(22)14-5-3-2-4-13(14)15(19-20)17(23)21-8-6-12(7-9-21)18-24-10-11-25-18/h2-5,12,18H,6-11H2,1H3. The predicted molar refractivity (Wildman–Crippen MR) is 91.3 cm³/mol. The van der Waals surface area contributed by atoms with E-state index in [0.29, 0.717) is 48.7 Å². The van der Waals surface area contributed by atoms with Crippen LogP contribution in [-0.2, 0) is 16.5 Å². The summed E-state index contributed by atoms with van der Waals surface area (Å²) in [5, 5.41) is 5.37. The molecule has 0 bridgehead atoms. The summed E-state index contributed by atoms with van der Waals surface area (Å²) in [6.45, 7) is 2.59. The minimum Gasteiger partial charge on any atom is -0.350 e. The van der Waals surface area contributed by atoms with Gasteiger partial charge in [0.05, 0.1) is 18.6 Å². The number of aromatic nitrogens is 2. The monoisotopic (exact) mass is 343 g/mol. The number of amides is 1. The van der Waals surface area contributed by atoms with Gasteiger partial charge in [0.2, 0.25) is 0 Å². The Balaban J connectivity index is 1.57. The predicted octanol–water partition coefficient (Wildman–Crippen LogP) is 1.16. The molecule has 1 aromatic carbocycles. The van der Waals surface area contributed by atoms with Crippen molar-refractivity contribution in [3.05, 3.63) is 40.3 Å². The summed E-state index contributed by atoms with van der Waals surface area (Å²) in [6, 6.07) is 7.13. The minimum absolute atomic E-state index is 0.126. The maximum atomic E-state index is 13.0. The Hall–Kier alpha value is -2.25. The third kappa shape index (κ3) is 2.94. The van der Waals surface area contributed by atoms with Gasteiger partial charge in [-0.3, -0.25) is 9.59 Å². The van der Waals surface area contributed by atoms with Gasteiger partial charge in [-0.25, -0.2) is 4.68 Å². The fourth-order valence-electron chi connectivity index (χ4n) is 3.63. The molecule has 7 nitrogen and oxygen atoms in total. The van der Waals surface area contributed by atoms with Crippen molar-refractivity contribution in [2.45, 2.75) is 19.1 Å². The second kappa shape index (κ2) is 6.57. The van der Waals surface area contributed by atoms with Crippen LogP contribution in [0.3, 0.4) is 0 Å². The number of benzene rings is 1. The first-order valence-corrected chi connectivity index (χ1v) is 8.63. The molecule has 0 atom stereocenters. The Morgan fingerprint density at radius 1 is 1.12 bits per heavy atom. The van der Waals surface area contributed by atoms with Gasteiger partial charge in [-0.05, 0) is 18.9 Å². The number of fused-ring (bicyclic) bond motifs is 1. The van der Waals surface area contributed by atoms with Crippen LogP contribution in [0.4, 0.5) is 0 Å². The number of carbonyl (C=O) groups is 1. The molecule has 4 rings (SSSR count). The normalized spacial score (nSPS) is 19.6. The summed E-state index contributed by atoms with van der Waals surface area (Å²) in [7, 11) is 1.58. The Morgan fingerprint density at radius 3 is 2.44 bits per heavy atom. The SMILES string of the molecule is Cn1nc(C(=O)N2CCC(C3OCCO3)CC2)c2ccccc2c1=O. The van der Waals surface area contributed by atoms with Crippen molar-refractivity contribution >= 4 is 16.7 Å². The summed E-state index contributed by atoms with van der Waals surface area (Å²) in [6.07, 6.45) is 1.56. The number of piperidine rings is 1. The molecule has 1 aromatic heterocycles. The van der Waals surface area contributed by atoms with Crippen LogP contribution >= 0.6 is 0 Å². The van der Waals surface area contributed by atoms with E-state index in [1.165, 1.54) is 4.68 Å². The summed E-state index contributed by atoms with van der Waals surface area (Å²) in [5.41, 5.74) is 0.144. The molecule has 1 amide bonds. The lowest BCUT2D eigenvalue weighted by atomic mass is 9.95. The number of aryl methyl sites for hydroxylation is 1. The molecule has 0 saturated carbocycles. The first-order valence-electron chi connectivity index (χ1n) is 8.63. The third-order valence-corrected chi connectivity index (χ3v) is 5.02. The molecule has 2 aliphatic rings. The number of likely N-dealkylation sites (tertiary alicyclic amines) is 1. The molecule has 0 N–H and O–H groups in total. The van der Waals surface area contributed by atoms with Crippen LogP contribution < -0.4 is 5.56 Å². The van der Waals surface area contributed by atoms with Crippen LogP contribution in [0.5, 0.6) is 0 Å². The first kappa shape index (κ1) is 16.2. The summed E-state index contributed by atoms with van der Waals surface area (Å²) in [5.74, 6) is 0.204. The van der Waals surface area contributed by atoms with Crippen LogP contribution in [0.15, 0.2) is 29.1 Å². The summed E-state index contributed by atoms with van der Waals surface area (Å²) < 4.78 is 12.4. The highest BCUT2D eigenvalue weighted by atomic mass is 16.7. The zero-order valence-corrected chi connectivity index (χ0v) is 14.2. The molecule has 2 fully saturated rings. The van der Waals surface area contributed by atoms with Crippen molar-refractivity contribution in [1.82, 2.24) is 14.7 Å². The maximum Gasteiger partial charge on any atom is 0.274 e. The van der Waals surface area contributed by atoms with Gasteiger partial charge in [0.15, 0.2) is 12.0 Å². The van der Waals surface area contributed by atoms with Crippen molar-refractivity contribution in [1.29, 1.82) is 0 Å². The van der Waals surface area contributed by atoms with Gasteiger partial charge in [-0.2, -0.15) is 5.10 Å². The molecule has 3 heterocycles. The lowest BCUT2D eigenvalue weighted by Crippen LogP contribution is -2.42. The smallest absolute Gasteiger partial charge is 0.274 e. The van der Waals surface area contributed by atoms with Gasteiger partial charge in [-0.15, -0.1) is 0 Å². The lowest BCUT2D eigenvalue weighted by molar-refractivity contribution is -0.0956. The average molecular weight is 343 g/mol. The zero-order valence-electron chi connectivity index (χ0n) is 14.2. The highest BCUT2D eigenvalue weighted by Gasteiger charge is 2.32. The van der Waals surface area contributed by atoms with Crippen molar-refractivity contribution in [2.24, 2.45) is 13.0 Å². The lowest BCUT2D eigenvalue weighted by Gasteiger charge is -2.33. The molecule has 7 heteroatoms. The van der Waals surface area contributed by atoms with Gasteiger partial charge in [0, 0.05) is 31.4 Å². The number of ether oxygens (including phenoxy) is 2. The van der Waals surface area contributed by atoms with Gasteiger partial charge in [-0.1, -0.05) is 18.2 Å². The topological polar surface area (TPSA) is 73.7 Å². The van der Waals surface area contributed by atoms with Crippen molar-refractivity contribution in [3.8, 4) is 0 Å². The quantitative estimate of drug-likeness (QED) is 0.818. The fourth-order valence-corrected chi connectivity index (χ4v) is 3.63. The second-order valence-electron chi connectivity index (χ2n) is 6.56. The highest BCUT2D eigenvalue weighted by molar-refractivity contribution is 6.04. The van der Waals surface area contributed by atoms with E-state index in [2.05, 4.69) is 5.10 Å². The summed E-state index contributed by atoms with van der Waals surface area (Å²) in [4.78, 5) is 27.0. The Morgan fingerprint density at radius 2 is 1.76 bits per heavy atom. The molecule has 25 heavy (non-hydrogen) atoms. The number of carbonyl (C=O) groups excluding carboxylic acids is 1. The van der Waals surface area contributed by atoms with Crippen LogP contribution in [0, 0.1) is 5.92 Å². The number of rotatable bonds is 2. The largest absolute Gasteiger partial charge is 0.350 e. The van der Waals surface area contributed by atoms with Gasteiger partial charge >= 0.3 is 0 Å². The number of nitrogens with zero attached hydrogens (tertiary/aromatic N) is 3. The number of hydrogen-bond acceptors (Lipinski definition) is 5. The maximum absolute atomic E-state index is 13.0. The Labute approximate surface area is 145 Å². The van der Waals surface area contributed by atoms with Crippen molar-refractivity contribution < 1.29 is 14.3 Å².